The Morgan fingerprint density at radius 1 is 1.20 bits per heavy atom. The van der Waals surface area contributed by atoms with Crippen molar-refractivity contribution < 1.29 is 9.84 Å². The van der Waals surface area contributed by atoms with Crippen molar-refractivity contribution in [2.75, 3.05) is 7.11 Å². The molecular formula is C8H16O2. The molecule has 1 fully saturated rings. The van der Waals surface area contributed by atoms with Gasteiger partial charge in [0.15, 0.2) is 0 Å². The molecule has 60 valence electrons. The maximum Gasteiger partial charge on any atom is 0.0830 e. The van der Waals surface area contributed by atoms with Gasteiger partial charge in [-0.05, 0) is 12.8 Å². The van der Waals surface area contributed by atoms with Crippen LogP contribution in [0.15, 0.2) is 0 Å². The van der Waals surface area contributed by atoms with E-state index >= 15 is 0 Å². The molecule has 0 aromatic heterocycles. The molecule has 0 saturated heterocycles. The highest BCUT2D eigenvalue weighted by atomic mass is 16.5. The lowest BCUT2D eigenvalue weighted by Crippen LogP contribution is -2.26. The van der Waals surface area contributed by atoms with E-state index in [0.717, 1.165) is 19.3 Å². The van der Waals surface area contributed by atoms with Crippen molar-refractivity contribution in [2.24, 2.45) is 0 Å². The summed E-state index contributed by atoms with van der Waals surface area (Å²) in [5, 5.41) is 9.42. The van der Waals surface area contributed by atoms with Crippen molar-refractivity contribution >= 4 is 0 Å². The van der Waals surface area contributed by atoms with Crippen molar-refractivity contribution in [3.8, 4) is 0 Å². The van der Waals surface area contributed by atoms with Gasteiger partial charge in [0.05, 0.1) is 12.2 Å². The normalized spacial score (nSPS) is 35.4. The third-order valence-electron chi connectivity index (χ3n) is 2.22. The van der Waals surface area contributed by atoms with Crippen LogP contribution >= 0.6 is 0 Å². The minimum Gasteiger partial charge on any atom is -0.390 e. The van der Waals surface area contributed by atoms with Crippen molar-refractivity contribution in [3.05, 3.63) is 0 Å². The lowest BCUT2D eigenvalue weighted by molar-refractivity contribution is -0.0148. The van der Waals surface area contributed by atoms with E-state index in [4.69, 9.17) is 4.74 Å². The van der Waals surface area contributed by atoms with Crippen LogP contribution in [0.2, 0.25) is 0 Å². The molecule has 0 aromatic carbocycles. The molecule has 2 atom stereocenters. The standard InChI is InChI=1S/C8H16O2/c1-10-8-6-4-2-3-5-7(8)9/h7-9H,2-6H2,1H3/t7-,8+/m1/s1. The first-order valence-corrected chi connectivity index (χ1v) is 4.05. The highest BCUT2D eigenvalue weighted by Crippen LogP contribution is 2.19. The Hall–Kier alpha value is -0.0800. The first-order valence-electron chi connectivity index (χ1n) is 4.05. The van der Waals surface area contributed by atoms with E-state index in [9.17, 15) is 5.11 Å². The summed E-state index contributed by atoms with van der Waals surface area (Å²) < 4.78 is 5.13. The molecule has 1 aliphatic rings. The molecule has 0 radical (unpaired) electrons. The van der Waals surface area contributed by atoms with E-state index in [1.807, 2.05) is 0 Å². The van der Waals surface area contributed by atoms with Crippen molar-refractivity contribution in [1.82, 2.24) is 0 Å². The zero-order valence-corrected chi connectivity index (χ0v) is 6.55. The first kappa shape index (κ1) is 8.02. The van der Waals surface area contributed by atoms with E-state index < -0.39 is 0 Å². The highest BCUT2D eigenvalue weighted by Gasteiger charge is 2.20. The Bertz CT molecular complexity index is 93.3. The number of rotatable bonds is 1. The maximum atomic E-state index is 9.42. The van der Waals surface area contributed by atoms with Crippen molar-refractivity contribution in [3.63, 3.8) is 0 Å². The van der Waals surface area contributed by atoms with Crippen molar-refractivity contribution in [1.29, 1.82) is 0 Å². The van der Waals surface area contributed by atoms with Gasteiger partial charge in [0.25, 0.3) is 0 Å². The van der Waals surface area contributed by atoms with Crippen LogP contribution in [-0.4, -0.2) is 24.4 Å². The molecule has 2 heteroatoms. The van der Waals surface area contributed by atoms with Crippen LogP contribution in [0.4, 0.5) is 0 Å². The van der Waals surface area contributed by atoms with Gasteiger partial charge in [-0.3, -0.25) is 0 Å². The number of hydrogen-bond donors (Lipinski definition) is 1. The second-order valence-electron chi connectivity index (χ2n) is 2.98. The summed E-state index contributed by atoms with van der Waals surface area (Å²) in [5.74, 6) is 0. The maximum absolute atomic E-state index is 9.42. The SMILES string of the molecule is CO[C@H]1CCCCC[C@H]1O. The van der Waals surface area contributed by atoms with Gasteiger partial charge in [-0.25, -0.2) is 0 Å². The molecule has 0 bridgehead atoms. The van der Waals surface area contributed by atoms with Crippen LogP contribution in [0.25, 0.3) is 0 Å². The molecule has 1 N–H and O–H groups in total. The monoisotopic (exact) mass is 144 g/mol. The fourth-order valence-electron chi connectivity index (χ4n) is 1.53. The Kier molecular flexibility index (Phi) is 3.16. The number of aliphatic hydroxyl groups excluding tert-OH is 1. The van der Waals surface area contributed by atoms with E-state index in [0.29, 0.717) is 0 Å². The Morgan fingerprint density at radius 2 is 1.90 bits per heavy atom. The fourth-order valence-corrected chi connectivity index (χ4v) is 1.53. The molecule has 0 spiro atoms. The minimum absolute atomic E-state index is 0.0995. The highest BCUT2D eigenvalue weighted by molar-refractivity contribution is 4.72. The molecular weight excluding hydrogens is 128 g/mol. The molecule has 0 heterocycles. The van der Waals surface area contributed by atoms with Crippen LogP contribution in [0.1, 0.15) is 32.1 Å². The zero-order chi connectivity index (χ0) is 7.40. The molecule has 1 saturated carbocycles. The fraction of sp³-hybridized carbons (Fsp3) is 1.00. The van der Waals surface area contributed by atoms with E-state index in [2.05, 4.69) is 0 Å². The predicted molar refractivity (Wildman–Crippen MR) is 39.9 cm³/mol. The largest absolute Gasteiger partial charge is 0.390 e. The summed E-state index contributed by atoms with van der Waals surface area (Å²) in [6.45, 7) is 0. The van der Waals surface area contributed by atoms with Gasteiger partial charge in [-0.15, -0.1) is 0 Å². The van der Waals surface area contributed by atoms with Gasteiger partial charge < -0.3 is 9.84 Å². The van der Waals surface area contributed by atoms with Gasteiger partial charge in [0.2, 0.25) is 0 Å². The van der Waals surface area contributed by atoms with Gasteiger partial charge in [-0.1, -0.05) is 19.3 Å². The summed E-state index contributed by atoms with van der Waals surface area (Å²) in [5.41, 5.74) is 0. The van der Waals surface area contributed by atoms with Crippen LogP contribution in [-0.2, 0) is 4.74 Å². The Morgan fingerprint density at radius 3 is 2.60 bits per heavy atom. The Balaban J connectivity index is 2.35. The average molecular weight is 144 g/mol. The number of ether oxygens (including phenoxy) is 1. The van der Waals surface area contributed by atoms with Crippen LogP contribution in [0.5, 0.6) is 0 Å². The van der Waals surface area contributed by atoms with Crippen LogP contribution in [0, 0.1) is 0 Å². The minimum atomic E-state index is -0.215. The smallest absolute Gasteiger partial charge is 0.0830 e. The number of hydrogen-bond acceptors (Lipinski definition) is 2. The second kappa shape index (κ2) is 3.94. The Labute approximate surface area is 62.2 Å². The van der Waals surface area contributed by atoms with Crippen LogP contribution in [0.3, 0.4) is 0 Å². The molecule has 0 aliphatic heterocycles. The third kappa shape index (κ3) is 1.96. The summed E-state index contributed by atoms with van der Waals surface area (Å²) in [6, 6.07) is 0. The zero-order valence-electron chi connectivity index (χ0n) is 6.55. The summed E-state index contributed by atoms with van der Waals surface area (Å²) in [6.07, 6.45) is 5.43. The van der Waals surface area contributed by atoms with E-state index in [-0.39, 0.29) is 12.2 Å². The molecule has 1 rings (SSSR count). The molecule has 0 aromatic rings. The molecule has 0 unspecified atom stereocenters. The molecule has 10 heavy (non-hydrogen) atoms. The van der Waals surface area contributed by atoms with Gasteiger partial charge in [-0.2, -0.15) is 0 Å². The van der Waals surface area contributed by atoms with Gasteiger partial charge in [0, 0.05) is 7.11 Å². The van der Waals surface area contributed by atoms with Gasteiger partial charge in [0.1, 0.15) is 0 Å². The number of methoxy groups -OCH3 is 1. The first-order chi connectivity index (χ1) is 4.84. The second-order valence-corrected chi connectivity index (χ2v) is 2.98. The number of aliphatic hydroxyl groups is 1. The summed E-state index contributed by atoms with van der Waals surface area (Å²) >= 11 is 0. The molecule has 2 nitrogen and oxygen atoms in total. The summed E-state index contributed by atoms with van der Waals surface area (Å²) in [7, 11) is 1.68. The van der Waals surface area contributed by atoms with E-state index in [1.54, 1.807) is 7.11 Å². The lowest BCUT2D eigenvalue weighted by Gasteiger charge is -2.17. The third-order valence-corrected chi connectivity index (χ3v) is 2.22. The average Bonchev–Trinajstić information content (AvgIpc) is 2.13. The van der Waals surface area contributed by atoms with E-state index in [1.165, 1.54) is 12.8 Å². The molecule has 0 amide bonds. The van der Waals surface area contributed by atoms with Gasteiger partial charge >= 0.3 is 0 Å². The lowest BCUT2D eigenvalue weighted by atomic mass is 10.1. The van der Waals surface area contributed by atoms with Crippen LogP contribution < -0.4 is 0 Å². The molecule has 1 aliphatic carbocycles. The predicted octanol–water partition coefficient (Wildman–Crippen LogP) is 1.33. The quantitative estimate of drug-likeness (QED) is 0.562. The summed E-state index contributed by atoms with van der Waals surface area (Å²) in [4.78, 5) is 0. The topological polar surface area (TPSA) is 29.5 Å². The van der Waals surface area contributed by atoms with Crippen molar-refractivity contribution in [2.45, 2.75) is 44.3 Å².